The number of hydrogen-bond donors (Lipinski definition) is 1. The molecule has 0 aromatic heterocycles. The summed E-state index contributed by atoms with van der Waals surface area (Å²) in [6, 6.07) is 24.4. The number of hydrogen-bond acceptors (Lipinski definition) is 4. The molecule has 1 atom stereocenters. The van der Waals surface area contributed by atoms with Crippen molar-refractivity contribution in [3.05, 3.63) is 95.0 Å². The van der Waals surface area contributed by atoms with Crippen molar-refractivity contribution < 1.29 is 9.59 Å². The second-order valence-electron chi connectivity index (χ2n) is 7.51. The number of amidine groups is 1. The molecule has 0 bridgehead atoms. The minimum atomic E-state index is -0.568. The van der Waals surface area contributed by atoms with Gasteiger partial charge >= 0.3 is 0 Å². The molecule has 1 saturated heterocycles. The van der Waals surface area contributed by atoms with Crippen molar-refractivity contribution in [2.24, 2.45) is 4.99 Å². The van der Waals surface area contributed by atoms with E-state index in [9.17, 15) is 9.59 Å². The maximum Gasteiger partial charge on any atom is 0.238 e. The summed E-state index contributed by atoms with van der Waals surface area (Å²) < 4.78 is 0. The highest BCUT2D eigenvalue weighted by atomic mass is 35.5. The Morgan fingerprint density at radius 3 is 2.56 bits per heavy atom. The zero-order chi connectivity index (χ0) is 22.5. The lowest BCUT2D eigenvalue weighted by molar-refractivity contribution is -0.129. The van der Waals surface area contributed by atoms with Crippen molar-refractivity contribution in [3.63, 3.8) is 0 Å². The Labute approximate surface area is 196 Å². The normalized spacial score (nSPS) is 17.4. The maximum atomic E-state index is 13.1. The first-order chi connectivity index (χ1) is 15.5. The Balaban J connectivity index is 1.59. The van der Waals surface area contributed by atoms with E-state index >= 15 is 0 Å². The fraction of sp³-hybridized carbons (Fsp3) is 0.160. The van der Waals surface area contributed by atoms with E-state index in [0.29, 0.717) is 28.1 Å². The molecular formula is C25H22ClN3O2S. The molecule has 0 unspecified atom stereocenters. The van der Waals surface area contributed by atoms with E-state index in [1.165, 1.54) is 11.8 Å². The summed E-state index contributed by atoms with van der Waals surface area (Å²) in [5, 5.41) is 3.46. The number of thioether (sulfide) groups is 1. The van der Waals surface area contributed by atoms with E-state index < -0.39 is 5.25 Å². The van der Waals surface area contributed by atoms with Crippen LogP contribution in [0.4, 0.5) is 11.4 Å². The summed E-state index contributed by atoms with van der Waals surface area (Å²) in [6.45, 7) is 2.36. The van der Waals surface area contributed by atoms with Gasteiger partial charge in [-0.1, -0.05) is 65.8 Å². The fourth-order valence-electron chi connectivity index (χ4n) is 3.33. The van der Waals surface area contributed by atoms with Crippen LogP contribution in [0.3, 0.4) is 0 Å². The van der Waals surface area contributed by atoms with Crippen molar-refractivity contribution in [1.82, 2.24) is 4.90 Å². The van der Waals surface area contributed by atoms with Crippen LogP contribution in [0.25, 0.3) is 0 Å². The van der Waals surface area contributed by atoms with Crippen LogP contribution >= 0.6 is 23.4 Å². The van der Waals surface area contributed by atoms with Gasteiger partial charge in [0.15, 0.2) is 5.17 Å². The van der Waals surface area contributed by atoms with Gasteiger partial charge in [0.25, 0.3) is 0 Å². The van der Waals surface area contributed by atoms with Crippen molar-refractivity contribution in [2.75, 3.05) is 5.32 Å². The van der Waals surface area contributed by atoms with E-state index in [2.05, 4.69) is 10.3 Å². The molecule has 1 N–H and O–H groups in total. The number of carbonyl (C=O) groups excluding carboxylic acids is 2. The number of halogens is 1. The molecule has 0 saturated carbocycles. The predicted octanol–water partition coefficient (Wildman–Crippen LogP) is 5.81. The van der Waals surface area contributed by atoms with Crippen LogP contribution in [-0.2, 0) is 16.1 Å². The third-order valence-electron chi connectivity index (χ3n) is 4.95. The molecule has 5 nitrogen and oxygen atoms in total. The topological polar surface area (TPSA) is 61.8 Å². The Morgan fingerprint density at radius 2 is 1.84 bits per heavy atom. The second kappa shape index (κ2) is 10.0. The molecule has 2 amide bonds. The summed E-state index contributed by atoms with van der Waals surface area (Å²) in [4.78, 5) is 32.4. The lowest BCUT2D eigenvalue weighted by atomic mass is 10.2. The monoisotopic (exact) mass is 463 g/mol. The number of amides is 2. The number of aryl methyl sites for hydroxylation is 1. The highest BCUT2D eigenvalue weighted by Crippen LogP contribution is 2.31. The number of aliphatic imine (C=N–C) groups is 1. The molecule has 32 heavy (non-hydrogen) atoms. The molecular weight excluding hydrogens is 442 g/mol. The highest BCUT2D eigenvalue weighted by molar-refractivity contribution is 8.15. The highest BCUT2D eigenvalue weighted by Gasteiger charge is 2.36. The molecule has 3 aromatic rings. The standard InChI is InChI=1S/C25H22ClN3O2S/c1-17-6-5-9-21(14-17)27-24(31)22-15-23(30)29(16-18-7-3-2-4-8-18)25(32-22)28-20-12-10-19(26)11-13-20/h2-14,22H,15-16H2,1H3,(H,27,31)/t22-/m0/s1. The molecule has 0 spiro atoms. The van der Waals surface area contributed by atoms with Crippen LogP contribution in [-0.4, -0.2) is 27.1 Å². The van der Waals surface area contributed by atoms with Crippen molar-refractivity contribution in [1.29, 1.82) is 0 Å². The van der Waals surface area contributed by atoms with Crippen LogP contribution in [0.5, 0.6) is 0 Å². The van der Waals surface area contributed by atoms with Gasteiger partial charge in [-0.05, 0) is 54.4 Å². The number of carbonyl (C=O) groups is 2. The molecule has 1 aliphatic heterocycles. The molecule has 0 aliphatic carbocycles. The molecule has 3 aromatic carbocycles. The minimum absolute atomic E-state index is 0.106. The number of nitrogens with zero attached hydrogens (tertiary/aromatic N) is 2. The van der Waals surface area contributed by atoms with Gasteiger partial charge in [-0.3, -0.25) is 14.5 Å². The smallest absolute Gasteiger partial charge is 0.238 e. The summed E-state index contributed by atoms with van der Waals surface area (Å²) in [6.07, 6.45) is 0.106. The van der Waals surface area contributed by atoms with E-state index in [1.54, 1.807) is 29.2 Å². The average molecular weight is 464 g/mol. The number of benzene rings is 3. The Hall–Kier alpha value is -3.09. The zero-order valence-electron chi connectivity index (χ0n) is 17.5. The van der Waals surface area contributed by atoms with Gasteiger partial charge in [-0.25, -0.2) is 4.99 Å². The SMILES string of the molecule is Cc1cccc(NC(=O)[C@@H]2CC(=O)N(Cc3ccccc3)C(=Nc3ccc(Cl)cc3)S2)c1. The van der Waals surface area contributed by atoms with Gasteiger partial charge in [-0.2, -0.15) is 0 Å². The van der Waals surface area contributed by atoms with E-state index in [-0.39, 0.29) is 18.2 Å². The Bertz CT molecular complexity index is 1150. The van der Waals surface area contributed by atoms with Gasteiger partial charge < -0.3 is 5.32 Å². The lowest BCUT2D eigenvalue weighted by Crippen LogP contribution is -2.44. The molecule has 7 heteroatoms. The van der Waals surface area contributed by atoms with Gasteiger partial charge in [0.05, 0.1) is 12.2 Å². The Kier molecular flexibility index (Phi) is 6.93. The van der Waals surface area contributed by atoms with Crippen LogP contribution in [0, 0.1) is 6.92 Å². The molecule has 162 valence electrons. The van der Waals surface area contributed by atoms with Gasteiger partial charge in [-0.15, -0.1) is 0 Å². The first-order valence-corrected chi connectivity index (χ1v) is 11.5. The van der Waals surface area contributed by atoms with E-state index in [4.69, 9.17) is 11.6 Å². The number of rotatable bonds is 5. The molecule has 0 radical (unpaired) electrons. The summed E-state index contributed by atoms with van der Waals surface area (Å²) >= 11 is 7.30. The van der Waals surface area contributed by atoms with Crippen LogP contribution in [0.2, 0.25) is 5.02 Å². The van der Waals surface area contributed by atoms with Gasteiger partial charge in [0, 0.05) is 17.1 Å². The number of anilines is 1. The Morgan fingerprint density at radius 1 is 1.09 bits per heavy atom. The summed E-state index contributed by atoms with van der Waals surface area (Å²) in [5.41, 5.74) is 3.43. The third-order valence-corrected chi connectivity index (χ3v) is 6.39. The van der Waals surface area contributed by atoms with E-state index in [1.807, 2.05) is 61.5 Å². The quantitative estimate of drug-likeness (QED) is 0.519. The molecule has 1 fully saturated rings. The minimum Gasteiger partial charge on any atom is -0.325 e. The largest absolute Gasteiger partial charge is 0.325 e. The zero-order valence-corrected chi connectivity index (χ0v) is 19.1. The second-order valence-corrected chi connectivity index (χ2v) is 9.11. The van der Waals surface area contributed by atoms with Crippen LogP contribution < -0.4 is 5.32 Å². The molecule has 1 heterocycles. The van der Waals surface area contributed by atoms with E-state index in [0.717, 1.165) is 11.1 Å². The first-order valence-electron chi connectivity index (χ1n) is 10.2. The van der Waals surface area contributed by atoms with Gasteiger partial charge in [0.2, 0.25) is 11.8 Å². The summed E-state index contributed by atoms with van der Waals surface area (Å²) in [7, 11) is 0. The third kappa shape index (κ3) is 5.58. The molecule has 4 rings (SSSR count). The van der Waals surface area contributed by atoms with Gasteiger partial charge in [0.1, 0.15) is 5.25 Å². The van der Waals surface area contributed by atoms with Crippen molar-refractivity contribution in [2.45, 2.75) is 25.1 Å². The summed E-state index contributed by atoms with van der Waals surface area (Å²) in [5.74, 6) is -0.346. The number of nitrogens with one attached hydrogen (secondary N) is 1. The maximum absolute atomic E-state index is 13.1. The average Bonchev–Trinajstić information content (AvgIpc) is 2.78. The van der Waals surface area contributed by atoms with Crippen molar-refractivity contribution in [3.8, 4) is 0 Å². The van der Waals surface area contributed by atoms with Crippen LogP contribution in [0.1, 0.15) is 17.5 Å². The van der Waals surface area contributed by atoms with Crippen LogP contribution in [0.15, 0.2) is 83.9 Å². The lowest BCUT2D eigenvalue weighted by Gasteiger charge is -2.32. The van der Waals surface area contributed by atoms with Crippen molar-refractivity contribution >= 4 is 51.7 Å². The first kappa shape index (κ1) is 22.1. The molecule has 1 aliphatic rings. The predicted molar refractivity (Wildman–Crippen MR) is 131 cm³/mol. The fourth-order valence-corrected chi connectivity index (χ4v) is 4.56.